The van der Waals surface area contributed by atoms with Gasteiger partial charge in [-0.05, 0) is 57.1 Å². The molecule has 1 rings (SSSR count). The van der Waals surface area contributed by atoms with Crippen LogP contribution in [0.4, 0.5) is 0 Å². The van der Waals surface area contributed by atoms with Gasteiger partial charge in [-0.1, -0.05) is 60.9 Å². The summed E-state index contributed by atoms with van der Waals surface area (Å²) in [6.45, 7) is 10.6. The van der Waals surface area contributed by atoms with E-state index in [1.54, 1.807) is 6.08 Å². The lowest BCUT2D eigenvalue weighted by molar-refractivity contribution is -0.155. The van der Waals surface area contributed by atoms with Crippen molar-refractivity contribution in [3.05, 3.63) is 58.7 Å². The number of ketones is 1. The molecular weight excluding hydrogens is 368 g/mol. The number of hydrogen-bond acceptors (Lipinski definition) is 4. The molecule has 0 saturated carbocycles. The Labute approximate surface area is 173 Å². The van der Waals surface area contributed by atoms with E-state index in [-0.39, 0.29) is 12.0 Å². The summed E-state index contributed by atoms with van der Waals surface area (Å²) in [7, 11) is 0. The quantitative estimate of drug-likeness (QED) is 0.252. The first-order valence-corrected chi connectivity index (χ1v) is 9.84. The summed E-state index contributed by atoms with van der Waals surface area (Å²) in [4.78, 5) is 32.9. The number of carboxylic acid groups (broad SMARTS) is 1. The van der Waals surface area contributed by atoms with Gasteiger partial charge in [0, 0.05) is 0 Å². The third-order valence-corrected chi connectivity index (χ3v) is 4.93. The van der Waals surface area contributed by atoms with Crippen molar-refractivity contribution in [2.75, 3.05) is 6.61 Å². The Kier molecular flexibility index (Phi) is 9.53. The number of esters is 1. The van der Waals surface area contributed by atoms with E-state index in [0.29, 0.717) is 0 Å². The first-order valence-electron chi connectivity index (χ1n) is 9.84. The average molecular weight is 401 g/mol. The van der Waals surface area contributed by atoms with Gasteiger partial charge in [0.15, 0.2) is 0 Å². The van der Waals surface area contributed by atoms with Gasteiger partial charge in [-0.15, -0.1) is 0 Å². The van der Waals surface area contributed by atoms with Gasteiger partial charge < -0.3 is 9.84 Å². The van der Waals surface area contributed by atoms with E-state index in [1.165, 1.54) is 30.4 Å². The maximum Gasteiger partial charge on any atom is 0.375 e. The van der Waals surface area contributed by atoms with Gasteiger partial charge in [0.2, 0.25) is 0 Å². The molecule has 0 aromatic rings. The molecule has 0 saturated heterocycles. The molecule has 0 unspecified atom stereocenters. The van der Waals surface area contributed by atoms with E-state index in [9.17, 15) is 14.4 Å². The smallest absolute Gasteiger partial charge is 0.375 e. The van der Waals surface area contributed by atoms with Gasteiger partial charge in [0.05, 0.1) is 0 Å². The molecule has 0 bridgehead atoms. The van der Waals surface area contributed by atoms with Crippen molar-refractivity contribution in [3.63, 3.8) is 0 Å². The standard InChI is InChI=1S/C24H32O5/c1-17(11-12-20-19(3)10-7-14-24(20,4)5)8-6-9-18(2)13-15-29-23(28)21(25)16-22(26)27/h6,8-9,11-13H,7,10,14-16H2,1-5H3,(H,26,27). The van der Waals surface area contributed by atoms with Gasteiger partial charge in [0.1, 0.15) is 13.0 Å². The molecule has 0 atom stereocenters. The lowest BCUT2D eigenvalue weighted by Crippen LogP contribution is -2.20. The zero-order valence-electron chi connectivity index (χ0n) is 18.1. The summed E-state index contributed by atoms with van der Waals surface area (Å²) in [6, 6.07) is 0. The van der Waals surface area contributed by atoms with Gasteiger partial charge in [-0.2, -0.15) is 0 Å². The number of carbonyl (C=O) groups is 3. The first kappa shape index (κ1) is 24.3. The predicted octanol–water partition coefficient (Wildman–Crippen LogP) is 5.11. The molecule has 0 heterocycles. The summed E-state index contributed by atoms with van der Waals surface area (Å²) in [6.07, 6.45) is 14.6. The Morgan fingerprint density at radius 3 is 2.45 bits per heavy atom. The molecule has 1 N–H and O–H groups in total. The summed E-state index contributed by atoms with van der Waals surface area (Å²) >= 11 is 0. The molecule has 0 aromatic heterocycles. The normalized spacial score (nSPS) is 17.8. The Bertz CT molecular complexity index is 788. The fourth-order valence-corrected chi connectivity index (χ4v) is 3.24. The Morgan fingerprint density at radius 1 is 1.14 bits per heavy atom. The van der Waals surface area contributed by atoms with Crippen LogP contribution >= 0.6 is 0 Å². The SMILES string of the molecule is CC(C=CC1=C(C)CCCC1(C)C)=CC=CC(C)=CCOC(=O)C(=O)CC(=O)O. The van der Waals surface area contributed by atoms with Crippen molar-refractivity contribution >= 4 is 17.7 Å². The second-order valence-electron chi connectivity index (χ2n) is 8.07. The van der Waals surface area contributed by atoms with Crippen molar-refractivity contribution in [2.24, 2.45) is 5.41 Å². The molecule has 29 heavy (non-hydrogen) atoms. The topological polar surface area (TPSA) is 80.7 Å². The zero-order chi connectivity index (χ0) is 22.0. The van der Waals surface area contributed by atoms with E-state index in [4.69, 9.17) is 9.84 Å². The lowest BCUT2D eigenvalue weighted by Gasteiger charge is -2.32. The molecule has 0 radical (unpaired) electrons. The number of aliphatic carboxylic acids is 1. The molecule has 5 heteroatoms. The molecular formula is C24H32O5. The van der Waals surface area contributed by atoms with E-state index in [1.807, 2.05) is 32.1 Å². The van der Waals surface area contributed by atoms with Gasteiger partial charge in [-0.25, -0.2) is 4.79 Å². The van der Waals surface area contributed by atoms with Gasteiger partial charge >= 0.3 is 11.9 Å². The number of carboxylic acids is 1. The molecule has 1 aliphatic carbocycles. The van der Waals surface area contributed by atoms with Crippen LogP contribution in [0.1, 0.15) is 60.3 Å². The fourth-order valence-electron chi connectivity index (χ4n) is 3.24. The van der Waals surface area contributed by atoms with Crippen LogP contribution in [0.3, 0.4) is 0 Å². The highest BCUT2D eigenvalue weighted by Crippen LogP contribution is 2.40. The highest BCUT2D eigenvalue weighted by Gasteiger charge is 2.26. The second kappa shape index (κ2) is 11.3. The predicted molar refractivity (Wildman–Crippen MR) is 114 cm³/mol. The molecule has 0 amide bonds. The van der Waals surface area contributed by atoms with Crippen LogP contribution in [-0.4, -0.2) is 29.4 Å². The Hall–Kier alpha value is -2.69. The minimum absolute atomic E-state index is 0.0779. The van der Waals surface area contributed by atoms with Gasteiger partial charge in [-0.3, -0.25) is 9.59 Å². The molecule has 0 fully saturated rings. The average Bonchev–Trinajstić information content (AvgIpc) is 2.60. The van der Waals surface area contributed by atoms with Crippen LogP contribution in [0.2, 0.25) is 0 Å². The fraction of sp³-hybridized carbons (Fsp3) is 0.458. The molecule has 0 aliphatic heterocycles. The first-order chi connectivity index (χ1) is 13.5. The van der Waals surface area contributed by atoms with Gasteiger partial charge in [0.25, 0.3) is 5.78 Å². The summed E-state index contributed by atoms with van der Waals surface area (Å²) in [5.74, 6) is -3.54. The number of hydrogen-bond donors (Lipinski definition) is 1. The monoisotopic (exact) mass is 400 g/mol. The minimum Gasteiger partial charge on any atom is -0.481 e. The minimum atomic E-state index is -1.35. The van der Waals surface area contributed by atoms with E-state index >= 15 is 0 Å². The lowest BCUT2D eigenvalue weighted by atomic mass is 9.72. The van der Waals surface area contributed by atoms with Crippen molar-refractivity contribution in [2.45, 2.75) is 60.3 Å². The number of rotatable bonds is 9. The second-order valence-corrected chi connectivity index (χ2v) is 8.07. The van der Waals surface area contributed by atoms with Crippen molar-refractivity contribution < 1.29 is 24.2 Å². The molecule has 5 nitrogen and oxygen atoms in total. The molecule has 1 aliphatic rings. The summed E-state index contributed by atoms with van der Waals surface area (Å²) in [5.41, 5.74) is 5.11. The Morgan fingerprint density at radius 2 is 1.83 bits per heavy atom. The molecule has 0 aromatic carbocycles. The van der Waals surface area contributed by atoms with Crippen LogP contribution in [0.15, 0.2) is 58.7 Å². The highest BCUT2D eigenvalue weighted by molar-refractivity contribution is 6.36. The van der Waals surface area contributed by atoms with Crippen molar-refractivity contribution in [1.29, 1.82) is 0 Å². The van der Waals surface area contributed by atoms with E-state index in [0.717, 1.165) is 11.1 Å². The highest BCUT2D eigenvalue weighted by atomic mass is 16.5. The van der Waals surface area contributed by atoms with Crippen LogP contribution in [-0.2, 0) is 19.1 Å². The largest absolute Gasteiger partial charge is 0.481 e. The van der Waals surface area contributed by atoms with Crippen LogP contribution in [0, 0.1) is 5.41 Å². The number of ether oxygens (including phenoxy) is 1. The number of allylic oxidation sites excluding steroid dienone is 9. The van der Waals surface area contributed by atoms with E-state index in [2.05, 4.69) is 32.9 Å². The number of Topliss-reactive ketones (excluding diaryl/α,β-unsaturated/α-hetero) is 1. The molecule has 0 spiro atoms. The van der Waals surface area contributed by atoms with Crippen molar-refractivity contribution in [1.82, 2.24) is 0 Å². The van der Waals surface area contributed by atoms with Crippen LogP contribution in [0.25, 0.3) is 0 Å². The summed E-state index contributed by atoms with van der Waals surface area (Å²) < 4.78 is 4.74. The zero-order valence-corrected chi connectivity index (χ0v) is 18.1. The summed E-state index contributed by atoms with van der Waals surface area (Å²) in [5, 5.41) is 8.48. The Balaban J connectivity index is 2.58. The number of carbonyl (C=O) groups excluding carboxylic acids is 2. The maximum absolute atomic E-state index is 11.3. The maximum atomic E-state index is 11.3. The van der Waals surface area contributed by atoms with Crippen LogP contribution < -0.4 is 0 Å². The van der Waals surface area contributed by atoms with Crippen molar-refractivity contribution in [3.8, 4) is 0 Å². The van der Waals surface area contributed by atoms with E-state index < -0.39 is 24.1 Å². The third-order valence-electron chi connectivity index (χ3n) is 4.93. The third kappa shape index (κ3) is 8.90. The van der Waals surface area contributed by atoms with Crippen LogP contribution in [0.5, 0.6) is 0 Å². The molecule has 158 valence electrons.